The average molecular weight is 413 g/mol. The second kappa shape index (κ2) is 8.98. The van der Waals surface area contributed by atoms with Crippen molar-refractivity contribution in [3.05, 3.63) is 77.3 Å². The summed E-state index contributed by atoms with van der Waals surface area (Å²) in [7, 11) is 0. The Morgan fingerprint density at radius 1 is 1.40 bits per heavy atom. The maximum absolute atomic E-state index is 12.4. The third kappa shape index (κ3) is 3.63. The molecule has 2 aliphatic heterocycles. The van der Waals surface area contributed by atoms with Crippen LogP contribution in [0.2, 0.25) is 0 Å². The summed E-state index contributed by atoms with van der Waals surface area (Å²) >= 11 is 0. The van der Waals surface area contributed by atoms with E-state index in [2.05, 4.69) is 9.84 Å². The van der Waals surface area contributed by atoms with E-state index in [-0.39, 0.29) is 5.54 Å². The molecule has 158 valence electrons. The quantitative estimate of drug-likeness (QED) is 0.695. The van der Waals surface area contributed by atoms with E-state index in [0.29, 0.717) is 17.6 Å². The van der Waals surface area contributed by atoms with Crippen molar-refractivity contribution in [1.29, 1.82) is 0 Å². The Morgan fingerprint density at radius 2 is 2.17 bits per heavy atom. The molecule has 6 nitrogen and oxygen atoms in total. The van der Waals surface area contributed by atoms with Crippen LogP contribution in [0.5, 0.6) is 0 Å². The molecule has 1 saturated heterocycles. The van der Waals surface area contributed by atoms with Crippen molar-refractivity contribution in [2.24, 2.45) is 0 Å². The minimum atomic E-state index is -0.932. The third-order valence-corrected chi connectivity index (χ3v) is 5.94. The van der Waals surface area contributed by atoms with Gasteiger partial charge in [-0.2, -0.15) is 0 Å². The molecule has 0 radical (unpaired) electrons. The van der Waals surface area contributed by atoms with Gasteiger partial charge in [0.15, 0.2) is 0 Å². The predicted octanol–water partition coefficient (Wildman–Crippen LogP) is 5.09. The van der Waals surface area contributed by atoms with Gasteiger partial charge in [-0.15, -0.1) is 0 Å². The van der Waals surface area contributed by atoms with Crippen molar-refractivity contribution in [2.45, 2.75) is 44.6 Å². The largest absolute Gasteiger partial charge is 0.515 e. The van der Waals surface area contributed by atoms with Gasteiger partial charge >= 0.3 is 5.97 Å². The molecule has 4 rings (SSSR count). The van der Waals surface area contributed by atoms with Crippen LogP contribution < -0.4 is 0 Å². The van der Waals surface area contributed by atoms with Crippen LogP contribution >= 0.6 is 0 Å². The van der Waals surface area contributed by atoms with Crippen LogP contribution in [0.25, 0.3) is 5.57 Å². The maximum Gasteiger partial charge on any atom is 0.377 e. The molecule has 3 aliphatic rings. The van der Waals surface area contributed by atoms with Crippen molar-refractivity contribution in [3.63, 3.8) is 0 Å². The molecule has 1 saturated carbocycles. The van der Waals surface area contributed by atoms with E-state index in [1.165, 1.54) is 0 Å². The first-order valence-corrected chi connectivity index (χ1v) is 9.68. The Morgan fingerprint density at radius 3 is 2.70 bits per heavy atom. The molecule has 7 heteroatoms. The first-order valence-electron chi connectivity index (χ1n) is 9.68. The van der Waals surface area contributed by atoms with E-state index in [1.807, 2.05) is 31.9 Å². The smallest absolute Gasteiger partial charge is 0.377 e. The Kier molecular flexibility index (Phi) is 6.40. The average Bonchev–Trinajstić information content (AvgIpc) is 3.30. The van der Waals surface area contributed by atoms with Crippen molar-refractivity contribution >= 4 is 18.3 Å². The molecule has 0 atom stereocenters. The lowest BCUT2D eigenvalue weighted by atomic mass is 9.66. The number of piperidine rings is 1. The topological polar surface area (TPSA) is 80.0 Å². The molecule has 2 fully saturated rings. The Labute approximate surface area is 174 Å². The van der Waals surface area contributed by atoms with Gasteiger partial charge < -0.3 is 19.2 Å². The van der Waals surface area contributed by atoms with E-state index >= 15 is 0 Å². The minimum absolute atomic E-state index is 0.136. The summed E-state index contributed by atoms with van der Waals surface area (Å²) in [6.07, 6.45) is 16.1. The zero-order valence-corrected chi connectivity index (χ0v) is 16.8. The zero-order chi connectivity index (χ0) is 21.7. The Hall–Kier alpha value is -3.35. The first kappa shape index (κ1) is 21.4. The van der Waals surface area contributed by atoms with Crippen LogP contribution in [-0.4, -0.2) is 28.3 Å². The van der Waals surface area contributed by atoms with E-state index < -0.39 is 5.97 Å². The van der Waals surface area contributed by atoms with Crippen LogP contribution in [0.1, 0.15) is 44.6 Å². The monoisotopic (exact) mass is 413 g/mol. The molecule has 1 N–H and O–H groups in total. The first-order chi connectivity index (χ1) is 14.6. The normalized spacial score (nSPS) is 22.5. The van der Waals surface area contributed by atoms with Gasteiger partial charge in [-0.05, 0) is 55.9 Å². The Balaban J connectivity index is 0.00000124. The second-order valence-corrected chi connectivity index (χ2v) is 7.41. The number of halogens is 1. The van der Waals surface area contributed by atoms with Crippen molar-refractivity contribution in [2.75, 3.05) is 0 Å². The summed E-state index contributed by atoms with van der Waals surface area (Å²) < 4.78 is 17.6. The van der Waals surface area contributed by atoms with Crippen molar-refractivity contribution < 1.29 is 28.6 Å². The fourth-order valence-electron chi connectivity index (χ4n) is 4.38. The van der Waals surface area contributed by atoms with Gasteiger partial charge in [-0.3, -0.25) is 0 Å². The molecular formula is C23H24FNO5. The van der Waals surface area contributed by atoms with Crippen LogP contribution in [0.3, 0.4) is 0 Å². The number of nitrogens with zero attached hydrogens (tertiary/aromatic N) is 1. The molecule has 0 amide bonds. The lowest BCUT2D eigenvalue weighted by Gasteiger charge is -2.56. The molecule has 3 heterocycles. The number of hydrogen-bond acceptors (Lipinski definition) is 6. The number of fused-ring (bicyclic) bond motifs is 2. The summed E-state index contributed by atoms with van der Waals surface area (Å²) in [6.45, 7) is 3.97. The highest BCUT2D eigenvalue weighted by atomic mass is 19.3. The molecule has 1 spiro atoms. The highest BCUT2D eigenvalue weighted by molar-refractivity contribution is 5.88. The summed E-state index contributed by atoms with van der Waals surface area (Å²) in [5.74, 6) is -0.932. The molecule has 0 unspecified atom stereocenters. The predicted molar refractivity (Wildman–Crippen MR) is 109 cm³/mol. The Bertz CT molecular complexity index is 948. The molecular weight excluding hydrogens is 389 g/mol. The highest BCUT2D eigenvalue weighted by Crippen LogP contribution is 2.53. The van der Waals surface area contributed by atoms with Gasteiger partial charge in [-0.1, -0.05) is 12.2 Å². The lowest BCUT2D eigenvalue weighted by molar-refractivity contribution is -0.178. The van der Waals surface area contributed by atoms with Crippen LogP contribution in [-0.2, 0) is 14.5 Å². The van der Waals surface area contributed by atoms with Gasteiger partial charge in [0, 0.05) is 39.5 Å². The number of carbonyl (C=O) groups is 2. The van der Waals surface area contributed by atoms with Crippen LogP contribution in [0.15, 0.2) is 76.1 Å². The number of aliphatic hydroxyl groups is 1. The number of hydrogen-bond donors (Lipinski definition) is 1. The van der Waals surface area contributed by atoms with E-state index in [4.69, 9.17) is 9.21 Å². The zero-order valence-electron chi connectivity index (χ0n) is 16.8. The molecule has 1 aromatic rings. The fraction of sp³-hybridized carbons (Fsp3) is 0.304. The second-order valence-electron chi connectivity index (χ2n) is 7.41. The SMILES string of the molecule is C/C=C1/C2=CCC(C(=O)OF)=CN2C2(CCC2)C/C1=C/C(=C/O)c1ccoc1.C=O. The van der Waals surface area contributed by atoms with Gasteiger partial charge in [0.1, 0.15) is 6.79 Å². The number of rotatable bonds is 3. The number of furan rings is 1. The van der Waals surface area contributed by atoms with Gasteiger partial charge in [0.25, 0.3) is 0 Å². The summed E-state index contributed by atoms with van der Waals surface area (Å²) in [6, 6.07) is 1.81. The van der Waals surface area contributed by atoms with Crippen LogP contribution in [0.4, 0.5) is 4.53 Å². The third-order valence-electron chi connectivity index (χ3n) is 5.94. The minimum Gasteiger partial charge on any atom is -0.515 e. The molecule has 1 aromatic heterocycles. The van der Waals surface area contributed by atoms with Gasteiger partial charge in [-0.25, -0.2) is 9.74 Å². The van der Waals surface area contributed by atoms with Gasteiger partial charge in [0.05, 0.1) is 24.4 Å². The van der Waals surface area contributed by atoms with Crippen LogP contribution in [0, 0.1) is 0 Å². The van der Waals surface area contributed by atoms with E-state index in [1.54, 1.807) is 24.8 Å². The highest BCUT2D eigenvalue weighted by Gasteiger charge is 2.48. The molecule has 1 aliphatic carbocycles. The number of carbonyl (C=O) groups excluding carboxylic acids is 2. The van der Waals surface area contributed by atoms with E-state index in [9.17, 15) is 14.4 Å². The van der Waals surface area contributed by atoms with Gasteiger partial charge in [0.2, 0.25) is 0 Å². The number of aliphatic hydroxyl groups excluding tert-OH is 1. The van der Waals surface area contributed by atoms with Crippen molar-refractivity contribution in [3.8, 4) is 0 Å². The molecule has 0 bridgehead atoms. The molecule has 0 aromatic carbocycles. The van der Waals surface area contributed by atoms with E-state index in [0.717, 1.165) is 54.4 Å². The summed E-state index contributed by atoms with van der Waals surface area (Å²) in [5.41, 5.74) is 4.85. The summed E-state index contributed by atoms with van der Waals surface area (Å²) in [4.78, 5) is 25.3. The molecule has 30 heavy (non-hydrogen) atoms. The van der Waals surface area contributed by atoms with Crippen molar-refractivity contribution in [1.82, 2.24) is 4.90 Å². The summed E-state index contributed by atoms with van der Waals surface area (Å²) in [5, 5.41) is 9.75. The lowest BCUT2D eigenvalue weighted by Crippen LogP contribution is -2.54. The fourth-order valence-corrected chi connectivity index (χ4v) is 4.38. The number of allylic oxidation sites excluding steroid dienone is 5. The maximum atomic E-state index is 12.4. The standard InChI is InChI=1S/C22H22FNO4.CH2O/c1-2-19-17(10-18(13-25)16-6-9-27-14-16)11-22(7-3-8-22)24-12-15(21(26)28-23)4-5-20(19)24;1-2/h2,5-6,9-10,12-14,25H,3-4,7-8,11H2,1H3;1H2/b17-10-,18-13-,19-2+;.